The third kappa shape index (κ3) is 5.28. The van der Waals surface area contributed by atoms with Crippen molar-refractivity contribution in [1.82, 2.24) is 10.2 Å². The highest BCUT2D eigenvalue weighted by molar-refractivity contribution is 7.91. The lowest BCUT2D eigenvalue weighted by molar-refractivity contribution is 0.194. The van der Waals surface area contributed by atoms with Crippen LogP contribution in [0.1, 0.15) is 12.8 Å². The molecular formula is C15H21ClN2O4S. The summed E-state index contributed by atoms with van der Waals surface area (Å²) in [6.07, 6.45) is 1.13. The van der Waals surface area contributed by atoms with Gasteiger partial charge in [0.15, 0.2) is 9.84 Å². The van der Waals surface area contributed by atoms with Gasteiger partial charge in [-0.15, -0.1) is 0 Å². The van der Waals surface area contributed by atoms with Crippen molar-refractivity contribution in [3.8, 4) is 5.75 Å². The van der Waals surface area contributed by atoms with Gasteiger partial charge in [-0.2, -0.15) is 0 Å². The molecule has 1 aliphatic heterocycles. The number of carbonyl (C=O) groups excluding carboxylic acids is 1. The maximum atomic E-state index is 12.0. The van der Waals surface area contributed by atoms with Gasteiger partial charge in [0.25, 0.3) is 0 Å². The number of para-hydroxylation sites is 1. The van der Waals surface area contributed by atoms with Gasteiger partial charge in [0.2, 0.25) is 0 Å². The molecule has 2 rings (SSSR count). The fourth-order valence-electron chi connectivity index (χ4n) is 2.38. The molecule has 1 aliphatic rings. The Kier molecular flexibility index (Phi) is 6.12. The van der Waals surface area contributed by atoms with Gasteiger partial charge in [0.05, 0.1) is 23.1 Å². The molecule has 1 aromatic rings. The first kappa shape index (κ1) is 17.9. The lowest BCUT2D eigenvalue weighted by Crippen LogP contribution is -2.44. The van der Waals surface area contributed by atoms with Gasteiger partial charge < -0.3 is 15.0 Å². The average Bonchev–Trinajstić information content (AvgIpc) is 2.87. The van der Waals surface area contributed by atoms with Crippen LogP contribution in [0.5, 0.6) is 5.75 Å². The maximum absolute atomic E-state index is 12.0. The van der Waals surface area contributed by atoms with Crippen molar-refractivity contribution in [2.75, 3.05) is 31.7 Å². The van der Waals surface area contributed by atoms with E-state index in [0.717, 1.165) is 0 Å². The second kappa shape index (κ2) is 7.88. The number of hydrogen-bond donors (Lipinski definition) is 1. The molecule has 23 heavy (non-hydrogen) atoms. The molecule has 2 amide bonds. The van der Waals surface area contributed by atoms with Crippen LogP contribution < -0.4 is 10.1 Å². The van der Waals surface area contributed by atoms with Crippen LogP contribution in [0.3, 0.4) is 0 Å². The molecule has 0 aromatic heterocycles. The molecule has 0 spiro atoms. The Morgan fingerprint density at radius 2 is 2.17 bits per heavy atom. The number of urea groups is 1. The number of nitrogens with one attached hydrogen (secondary N) is 1. The number of hydrogen-bond acceptors (Lipinski definition) is 4. The van der Waals surface area contributed by atoms with Gasteiger partial charge in [-0.1, -0.05) is 23.7 Å². The number of sulfone groups is 1. The smallest absolute Gasteiger partial charge is 0.317 e. The van der Waals surface area contributed by atoms with Crippen molar-refractivity contribution in [2.24, 2.45) is 0 Å². The first-order valence-electron chi connectivity index (χ1n) is 7.47. The number of rotatable bonds is 6. The zero-order valence-electron chi connectivity index (χ0n) is 13.0. The SMILES string of the molecule is CN(C(=O)NCCCOc1ccccc1Cl)C1CCS(=O)(=O)C1. The second-order valence-corrected chi connectivity index (χ2v) is 8.17. The molecule has 1 saturated heterocycles. The molecule has 1 fully saturated rings. The van der Waals surface area contributed by atoms with Crippen molar-refractivity contribution < 1.29 is 17.9 Å². The highest BCUT2D eigenvalue weighted by atomic mass is 35.5. The van der Waals surface area contributed by atoms with E-state index in [4.69, 9.17) is 16.3 Å². The fourth-order valence-corrected chi connectivity index (χ4v) is 4.35. The van der Waals surface area contributed by atoms with Gasteiger partial charge in [-0.25, -0.2) is 13.2 Å². The Bertz CT molecular complexity index is 651. The third-order valence-electron chi connectivity index (χ3n) is 3.77. The predicted octanol–water partition coefficient (Wildman–Crippen LogP) is 1.94. The van der Waals surface area contributed by atoms with Crippen molar-refractivity contribution in [3.63, 3.8) is 0 Å². The van der Waals surface area contributed by atoms with E-state index in [9.17, 15) is 13.2 Å². The monoisotopic (exact) mass is 360 g/mol. The zero-order chi connectivity index (χ0) is 16.9. The van der Waals surface area contributed by atoms with E-state index < -0.39 is 9.84 Å². The predicted molar refractivity (Wildman–Crippen MR) is 89.8 cm³/mol. The minimum atomic E-state index is -2.99. The van der Waals surface area contributed by atoms with E-state index in [1.54, 1.807) is 19.2 Å². The summed E-state index contributed by atoms with van der Waals surface area (Å²) in [5.41, 5.74) is 0. The summed E-state index contributed by atoms with van der Waals surface area (Å²) in [5.74, 6) is 0.821. The molecule has 128 valence electrons. The van der Waals surface area contributed by atoms with E-state index in [-0.39, 0.29) is 23.6 Å². The molecule has 1 unspecified atom stereocenters. The van der Waals surface area contributed by atoms with E-state index in [1.165, 1.54) is 4.90 Å². The Hall–Kier alpha value is -1.47. The molecule has 1 atom stereocenters. The second-order valence-electron chi connectivity index (χ2n) is 5.53. The van der Waals surface area contributed by atoms with Crippen LogP contribution >= 0.6 is 11.6 Å². The highest BCUT2D eigenvalue weighted by Crippen LogP contribution is 2.23. The quantitative estimate of drug-likeness (QED) is 0.786. The summed E-state index contributed by atoms with van der Waals surface area (Å²) in [4.78, 5) is 13.5. The van der Waals surface area contributed by atoms with Crippen LogP contribution in [0.4, 0.5) is 4.79 Å². The molecule has 1 N–H and O–H groups in total. The van der Waals surface area contributed by atoms with Crippen molar-refractivity contribution in [1.29, 1.82) is 0 Å². The first-order valence-corrected chi connectivity index (χ1v) is 9.67. The normalized spacial score (nSPS) is 19.3. The molecule has 0 aliphatic carbocycles. The minimum Gasteiger partial charge on any atom is -0.492 e. The number of amides is 2. The van der Waals surface area contributed by atoms with Crippen LogP contribution in [0.25, 0.3) is 0 Å². The molecule has 1 aromatic carbocycles. The fraction of sp³-hybridized carbons (Fsp3) is 0.533. The van der Waals surface area contributed by atoms with Crippen LogP contribution in [-0.4, -0.2) is 57.1 Å². The molecule has 0 bridgehead atoms. The molecule has 0 radical (unpaired) electrons. The summed E-state index contributed by atoms with van der Waals surface area (Å²) >= 11 is 5.97. The van der Waals surface area contributed by atoms with E-state index in [0.29, 0.717) is 36.8 Å². The van der Waals surface area contributed by atoms with Crippen LogP contribution in [0.15, 0.2) is 24.3 Å². The zero-order valence-corrected chi connectivity index (χ0v) is 14.6. The van der Waals surface area contributed by atoms with Crippen LogP contribution in [-0.2, 0) is 9.84 Å². The third-order valence-corrected chi connectivity index (χ3v) is 5.83. The maximum Gasteiger partial charge on any atom is 0.317 e. The van der Waals surface area contributed by atoms with Gasteiger partial charge in [-0.05, 0) is 25.0 Å². The Morgan fingerprint density at radius 3 is 2.83 bits per heavy atom. The summed E-state index contributed by atoms with van der Waals surface area (Å²) in [7, 11) is -1.37. The lowest BCUT2D eigenvalue weighted by atomic mass is 10.2. The largest absolute Gasteiger partial charge is 0.492 e. The number of halogens is 1. The number of ether oxygens (including phenoxy) is 1. The summed E-state index contributed by atoms with van der Waals surface area (Å²) in [6, 6.07) is 6.71. The Morgan fingerprint density at radius 1 is 1.43 bits per heavy atom. The van der Waals surface area contributed by atoms with Crippen molar-refractivity contribution >= 4 is 27.5 Å². The molecule has 6 nitrogen and oxygen atoms in total. The number of benzene rings is 1. The van der Waals surface area contributed by atoms with Gasteiger partial charge in [0, 0.05) is 19.6 Å². The number of nitrogens with zero attached hydrogens (tertiary/aromatic N) is 1. The molecule has 0 saturated carbocycles. The molecular weight excluding hydrogens is 340 g/mol. The number of carbonyl (C=O) groups is 1. The van der Waals surface area contributed by atoms with Crippen LogP contribution in [0, 0.1) is 0 Å². The van der Waals surface area contributed by atoms with E-state index >= 15 is 0 Å². The Labute approximate surface area is 141 Å². The van der Waals surface area contributed by atoms with E-state index in [1.807, 2.05) is 12.1 Å². The highest BCUT2D eigenvalue weighted by Gasteiger charge is 2.32. The molecule has 1 heterocycles. The topological polar surface area (TPSA) is 75.7 Å². The van der Waals surface area contributed by atoms with Gasteiger partial charge in [-0.3, -0.25) is 0 Å². The Balaban J connectivity index is 1.66. The van der Waals surface area contributed by atoms with Gasteiger partial charge in [0.1, 0.15) is 5.75 Å². The lowest BCUT2D eigenvalue weighted by Gasteiger charge is -2.23. The average molecular weight is 361 g/mol. The summed E-state index contributed by atoms with van der Waals surface area (Å²) in [5, 5.41) is 3.32. The van der Waals surface area contributed by atoms with E-state index in [2.05, 4.69) is 5.32 Å². The summed E-state index contributed by atoms with van der Waals surface area (Å²) < 4.78 is 28.4. The molecule has 8 heteroatoms. The summed E-state index contributed by atoms with van der Waals surface area (Å²) in [6.45, 7) is 0.888. The van der Waals surface area contributed by atoms with Gasteiger partial charge >= 0.3 is 6.03 Å². The standard InChI is InChI=1S/C15H21ClN2O4S/c1-18(12-7-10-23(20,21)11-12)15(19)17-8-4-9-22-14-6-3-2-5-13(14)16/h2-3,5-6,12H,4,7-11H2,1H3,(H,17,19). The minimum absolute atomic E-state index is 0.0482. The van der Waals surface area contributed by atoms with Crippen LogP contribution in [0.2, 0.25) is 5.02 Å². The van der Waals surface area contributed by atoms with Crippen molar-refractivity contribution in [2.45, 2.75) is 18.9 Å². The first-order chi connectivity index (χ1) is 10.9. The van der Waals surface area contributed by atoms with Crippen molar-refractivity contribution in [3.05, 3.63) is 29.3 Å².